The van der Waals surface area contributed by atoms with Crippen molar-refractivity contribution in [1.29, 1.82) is 0 Å². The summed E-state index contributed by atoms with van der Waals surface area (Å²) in [5.41, 5.74) is 1.70. The number of hydrogen-bond donors (Lipinski definition) is 2. The van der Waals surface area contributed by atoms with Gasteiger partial charge in [-0.1, -0.05) is 37.3 Å². The minimum Gasteiger partial charge on any atom is -0.491 e. The highest BCUT2D eigenvalue weighted by molar-refractivity contribution is 5.89. The minimum atomic E-state index is -0.148. The third kappa shape index (κ3) is 7.61. The summed E-state index contributed by atoms with van der Waals surface area (Å²) in [4.78, 5) is 26.1. The zero-order valence-electron chi connectivity index (χ0n) is 18.0. The molecule has 7 heteroatoms. The highest BCUT2D eigenvalue weighted by Gasteiger charge is 2.24. The lowest BCUT2D eigenvalue weighted by Crippen LogP contribution is -2.50. The molecule has 1 heterocycles. The van der Waals surface area contributed by atoms with Gasteiger partial charge in [-0.25, -0.2) is 4.79 Å². The van der Waals surface area contributed by atoms with Crippen molar-refractivity contribution in [3.05, 3.63) is 60.2 Å². The van der Waals surface area contributed by atoms with E-state index in [1.54, 1.807) is 4.90 Å². The van der Waals surface area contributed by atoms with Gasteiger partial charge in [-0.3, -0.25) is 4.79 Å². The molecule has 1 unspecified atom stereocenters. The van der Waals surface area contributed by atoms with Crippen LogP contribution >= 0.6 is 0 Å². The van der Waals surface area contributed by atoms with Crippen LogP contribution in [0.1, 0.15) is 31.7 Å². The molecule has 0 bridgehead atoms. The molecule has 3 rings (SSSR count). The van der Waals surface area contributed by atoms with Crippen molar-refractivity contribution in [2.45, 2.75) is 38.8 Å². The first-order valence-corrected chi connectivity index (χ1v) is 10.8. The lowest BCUT2D eigenvalue weighted by molar-refractivity contribution is -0.121. The third-order valence-electron chi connectivity index (χ3n) is 5.08. The normalized spacial score (nSPS) is 15.9. The van der Waals surface area contributed by atoms with Crippen LogP contribution in [0.25, 0.3) is 0 Å². The third-order valence-corrected chi connectivity index (χ3v) is 5.08. The Hall–Kier alpha value is -3.06. The molecular formula is C24H31N3O4. The minimum absolute atomic E-state index is 0.0183. The van der Waals surface area contributed by atoms with E-state index in [-0.39, 0.29) is 18.0 Å². The molecule has 0 aliphatic carbocycles. The summed E-state index contributed by atoms with van der Waals surface area (Å²) < 4.78 is 11.3. The predicted octanol–water partition coefficient (Wildman–Crippen LogP) is 3.80. The number of carbonyl (C=O) groups is 2. The molecule has 0 spiro atoms. The van der Waals surface area contributed by atoms with Gasteiger partial charge in [0.05, 0.1) is 13.2 Å². The van der Waals surface area contributed by atoms with Crippen LogP contribution in [0.5, 0.6) is 5.75 Å². The highest BCUT2D eigenvalue weighted by Crippen LogP contribution is 2.16. The van der Waals surface area contributed by atoms with Crippen molar-refractivity contribution in [2.24, 2.45) is 0 Å². The molecule has 1 fully saturated rings. The molecule has 2 aromatic carbocycles. The lowest BCUT2D eigenvalue weighted by Gasteiger charge is -2.33. The average Bonchev–Trinajstić information content (AvgIpc) is 2.80. The summed E-state index contributed by atoms with van der Waals surface area (Å²) in [6.45, 7) is 4.44. The Labute approximate surface area is 183 Å². The monoisotopic (exact) mass is 425 g/mol. The van der Waals surface area contributed by atoms with Crippen molar-refractivity contribution >= 4 is 17.6 Å². The van der Waals surface area contributed by atoms with Crippen molar-refractivity contribution < 1.29 is 19.1 Å². The van der Waals surface area contributed by atoms with E-state index in [2.05, 4.69) is 10.6 Å². The van der Waals surface area contributed by atoms with Crippen LogP contribution in [0.15, 0.2) is 54.6 Å². The number of piperidine rings is 1. The Morgan fingerprint density at radius 3 is 2.74 bits per heavy atom. The summed E-state index contributed by atoms with van der Waals surface area (Å²) in [5, 5.41) is 5.94. The molecule has 0 radical (unpaired) electrons. The molecule has 2 N–H and O–H groups in total. The second-order valence-corrected chi connectivity index (χ2v) is 7.55. The second kappa shape index (κ2) is 12.0. The molecule has 2 aromatic rings. The van der Waals surface area contributed by atoms with Gasteiger partial charge < -0.3 is 25.0 Å². The molecular weight excluding hydrogens is 394 g/mol. The maximum absolute atomic E-state index is 12.7. The molecule has 1 saturated heterocycles. The van der Waals surface area contributed by atoms with Gasteiger partial charge >= 0.3 is 6.03 Å². The molecule has 1 aliphatic heterocycles. The van der Waals surface area contributed by atoms with Crippen LogP contribution in [-0.4, -0.2) is 49.2 Å². The second-order valence-electron chi connectivity index (χ2n) is 7.55. The van der Waals surface area contributed by atoms with E-state index < -0.39 is 0 Å². The smallest absolute Gasteiger partial charge is 0.321 e. The molecule has 1 atom stereocenters. The molecule has 7 nitrogen and oxygen atoms in total. The zero-order valence-corrected chi connectivity index (χ0v) is 18.0. The Kier molecular flexibility index (Phi) is 8.72. The van der Waals surface area contributed by atoms with E-state index in [0.29, 0.717) is 39.3 Å². The highest BCUT2D eigenvalue weighted by atomic mass is 16.5. The number of likely N-dealkylation sites (tertiary alicyclic amines) is 1. The van der Waals surface area contributed by atoms with Gasteiger partial charge in [0.15, 0.2) is 0 Å². The number of urea groups is 1. The topological polar surface area (TPSA) is 79.9 Å². The number of para-hydroxylation sites is 1. The van der Waals surface area contributed by atoms with Gasteiger partial charge in [0.2, 0.25) is 5.91 Å². The van der Waals surface area contributed by atoms with Crippen LogP contribution in [0, 0.1) is 0 Å². The summed E-state index contributed by atoms with van der Waals surface area (Å²) in [6.07, 6.45) is 2.23. The van der Waals surface area contributed by atoms with Crippen LogP contribution < -0.4 is 15.4 Å². The number of nitrogens with zero attached hydrogens (tertiary/aromatic N) is 1. The molecule has 31 heavy (non-hydrogen) atoms. The van der Waals surface area contributed by atoms with E-state index in [0.717, 1.165) is 29.8 Å². The quantitative estimate of drug-likeness (QED) is 0.599. The van der Waals surface area contributed by atoms with Crippen molar-refractivity contribution in [3.63, 3.8) is 0 Å². The maximum atomic E-state index is 12.7. The Morgan fingerprint density at radius 2 is 1.94 bits per heavy atom. The summed E-state index contributed by atoms with van der Waals surface area (Å²) in [5.74, 6) is 0.846. The molecule has 166 valence electrons. The molecule has 1 aliphatic rings. The fourth-order valence-corrected chi connectivity index (χ4v) is 3.48. The Morgan fingerprint density at radius 1 is 1.10 bits per heavy atom. The van der Waals surface area contributed by atoms with E-state index in [9.17, 15) is 9.59 Å². The number of nitrogens with one attached hydrogen (secondary N) is 2. The molecule has 0 saturated carbocycles. The maximum Gasteiger partial charge on any atom is 0.321 e. The Bertz CT molecular complexity index is 844. The van der Waals surface area contributed by atoms with Gasteiger partial charge in [0.25, 0.3) is 0 Å². The number of anilines is 1. The summed E-state index contributed by atoms with van der Waals surface area (Å²) in [6, 6.07) is 17.1. The van der Waals surface area contributed by atoms with Crippen LogP contribution in [0.2, 0.25) is 0 Å². The van der Waals surface area contributed by atoms with Gasteiger partial charge in [-0.05, 0) is 42.7 Å². The van der Waals surface area contributed by atoms with Gasteiger partial charge in [-0.2, -0.15) is 0 Å². The largest absolute Gasteiger partial charge is 0.491 e. The van der Waals surface area contributed by atoms with Crippen LogP contribution in [0.4, 0.5) is 10.5 Å². The Balaban J connectivity index is 1.42. The van der Waals surface area contributed by atoms with Gasteiger partial charge in [-0.15, -0.1) is 0 Å². The van der Waals surface area contributed by atoms with E-state index >= 15 is 0 Å². The number of ether oxygens (including phenoxy) is 2. The van der Waals surface area contributed by atoms with Crippen molar-refractivity contribution in [2.75, 3.05) is 31.6 Å². The van der Waals surface area contributed by atoms with E-state index in [4.69, 9.17) is 9.47 Å². The number of carbonyl (C=O) groups excluding carboxylic acids is 2. The first-order chi connectivity index (χ1) is 15.1. The van der Waals surface area contributed by atoms with Crippen LogP contribution in [0.3, 0.4) is 0 Å². The first kappa shape index (κ1) is 22.6. The van der Waals surface area contributed by atoms with Crippen molar-refractivity contribution in [3.8, 4) is 5.75 Å². The fourth-order valence-electron chi connectivity index (χ4n) is 3.48. The van der Waals surface area contributed by atoms with E-state index in [1.807, 2.05) is 61.5 Å². The average molecular weight is 426 g/mol. The lowest BCUT2D eigenvalue weighted by atomic mass is 10.1. The van der Waals surface area contributed by atoms with Gasteiger partial charge in [0.1, 0.15) is 12.4 Å². The predicted molar refractivity (Wildman–Crippen MR) is 120 cm³/mol. The molecule has 0 aromatic heterocycles. The summed E-state index contributed by atoms with van der Waals surface area (Å²) in [7, 11) is 0. The fraction of sp³-hybridized carbons (Fsp3) is 0.417. The van der Waals surface area contributed by atoms with Crippen molar-refractivity contribution in [1.82, 2.24) is 10.2 Å². The van der Waals surface area contributed by atoms with Crippen LogP contribution in [-0.2, 0) is 16.1 Å². The number of hydrogen-bond acceptors (Lipinski definition) is 4. The SMILES string of the molecule is CCC(=O)NC1CCCN(C(=O)Nc2cccc(COCCOc3ccccc3)c2)C1. The molecule has 3 amide bonds. The number of amides is 3. The number of rotatable bonds is 9. The van der Waals surface area contributed by atoms with E-state index in [1.165, 1.54) is 0 Å². The first-order valence-electron chi connectivity index (χ1n) is 10.8. The summed E-state index contributed by atoms with van der Waals surface area (Å²) >= 11 is 0. The number of benzene rings is 2. The van der Waals surface area contributed by atoms with Gasteiger partial charge in [0, 0.05) is 31.2 Å². The standard InChI is InChI=1S/C24H31N3O4/c1-2-23(28)25-21-10-7-13-27(17-21)24(29)26-20-9-6-8-19(16-20)18-30-14-15-31-22-11-4-3-5-12-22/h3-6,8-9,11-12,16,21H,2,7,10,13-15,17-18H2,1H3,(H,25,28)(H,26,29). The zero-order chi connectivity index (χ0) is 21.9.